The molecule has 7 rings (SSSR count). The Morgan fingerprint density at radius 2 is 1.85 bits per heavy atom. The molecule has 14 nitrogen and oxygen atoms in total. The minimum atomic E-state index is -2.23. The second-order valence-corrected chi connectivity index (χ2v) is 12.3. The van der Waals surface area contributed by atoms with Gasteiger partial charge < -0.3 is 48.8 Å². The topological polar surface area (TPSA) is 191 Å². The maximum absolute atomic E-state index is 13.9. The Balaban J connectivity index is 1.30. The van der Waals surface area contributed by atoms with Crippen LogP contribution in [0.3, 0.4) is 0 Å². The third-order valence-electron chi connectivity index (χ3n) is 9.84. The average Bonchev–Trinajstić information content (AvgIpc) is 3.43. The van der Waals surface area contributed by atoms with Crippen LogP contribution in [0.2, 0.25) is 0 Å². The van der Waals surface area contributed by atoms with E-state index in [1.807, 2.05) is 6.92 Å². The molecule has 0 radical (unpaired) electrons. The number of morpholine rings is 1. The zero-order chi connectivity index (χ0) is 32.7. The van der Waals surface area contributed by atoms with Crippen molar-refractivity contribution in [1.82, 2.24) is 4.90 Å². The van der Waals surface area contributed by atoms with Crippen LogP contribution in [0.5, 0.6) is 17.2 Å². The summed E-state index contributed by atoms with van der Waals surface area (Å²) < 4.78 is 35.3. The number of aliphatic hydroxyl groups is 2. The van der Waals surface area contributed by atoms with Crippen LogP contribution in [0.1, 0.15) is 68.8 Å². The molecular weight excluding hydrogens is 606 g/mol. The molecule has 2 aromatic rings. The molecule has 0 saturated carbocycles. The molecule has 46 heavy (non-hydrogen) atoms. The Morgan fingerprint density at radius 3 is 2.57 bits per heavy atom. The van der Waals surface area contributed by atoms with Crippen LogP contribution in [-0.4, -0.2) is 119 Å². The number of carbonyl (C=O) groups excluding carboxylic acids is 3. The van der Waals surface area contributed by atoms with Gasteiger partial charge in [-0.05, 0) is 13.0 Å². The molecule has 3 heterocycles. The first kappa shape index (κ1) is 31.1. The van der Waals surface area contributed by atoms with Gasteiger partial charge in [-0.2, -0.15) is 0 Å². The molecule has 2 aromatic carbocycles. The third kappa shape index (κ3) is 4.51. The monoisotopic (exact) mass is 641 g/mol. The molecule has 0 amide bonds. The fraction of sp³-hybridized carbons (Fsp3) is 0.531. The van der Waals surface area contributed by atoms with E-state index in [-0.39, 0.29) is 40.1 Å². The summed E-state index contributed by atoms with van der Waals surface area (Å²) in [5.41, 5.74) is -3.43. The van der Waals surface area contributed by atoms with E-state index in [4.69, 9.17) is 28.4 Å². The van der Waals surface area contributed by atoms with Gasteiger partial charge in [0.05, 0.1) is 42.6 Å². The molecule has 3 saturated heterocycles. The molecule has 14 heteroatoms. The Kier molecular flexibility index (Phi) is 7.68. The summed E-state index contributed by atoms with van der Waals surface area (Å²) in [6, 6.07) is 4.26. The largest absolute Gasteiger partial charge is 0.507 e. The molecule has 2 aliphatic carbocycles. The molecule has 0 spiro atoms. The fourth-order valence-corrected chi connectivity index (χ4v) is 7.69. The first-order valence-electron chi connectivity index (χ1n) is 15.1. The van der Waals surface area contributed by atoms with Crippen LogP contribution >= 0.6 is 0 Å². The number of ether oxygens (including phenoxy) is 6. The maximum Gasteiger partial charge on any atom is 0.202 e. The average molecular weight is 642 g/mol. The second kappa shape index (κ2) is 11.3. The lowest BCUT2D eigenvalue weighted by atomic mass is 9.72. The number of rotatable bonds is 6. The number of Topliss-reactive ketones (excluding diaryl/α,β-unsaturated/α-hetero) is 1. The van der Waals surface area contributed by atoms with Crippen molar-refractivity contribution in [2.45, 2.75) is 74.9 Å². The lowest BCUT2D eigenvalue weighted by Gasteiger charge is -2.43. The predicted octanol–water partition coefficient (Wildman–Crippen LogP) is 0.711. The second-order valence-electron chi connectivity index (χ2n) is 12.3. The Labute approximate surface area is 263 Å². The highest BCUT2D eigenvalue weighted by Crippen LogP contribution is 2.53. The number of benzene rings is 2. The quantitative estimate of drug-likeness (QED) is 0.275. The van der Waals surface area contributed by atoms with Crippen molar-refractivity contribution < 1.29 is 63.2 Å². The summed E-state index contributed by atoms with van der Waals surface area (Å²) in [5.74, 6) is -3.61. The van der Waals surface area contributed by atoms with Gasteiger partial charge in [0.15, 0.2) is 30.4 Å². The molecule has 3 aliphatic heterocycles. The first-order chi connectivity index (χ1) is 22.0. The summed E-state index contributed by atoms with van der Waals surface area (Å²) in [6.07, 6.45) is -4.79. The van der Waals surface area contributed by atoms with Crippen molar-refractivity contribution in [2.24, 2.45) is 0 Å². The SMILES string of the molecule is COc1cccc2c1C(=O)c1c(O)c3c(c(O)c1C2=O)CC(O)(C(=O)CO)C[C@@H]3O[C@H]1C[C@H]2[C@H](O[C@@H]3[C@@H](OC)OCCN32)[C@H](C)O1. The number of methoxy groups -OCH3 is 2. The lowest BCUT2D eigenvalue weighted by molar-refractivity contribution is -0.256. The highest BCUT2D eigenvalue weighted by Gasteiger charge is 2.55. The number of hydrogen-bond donors (Lipinski definition) is 4. The zero-order valence-corrected chi connectivity index (χ0v) is 25.4. The van der Waals surface area contributed by atoms with E-state index in [9.17, 15) is 34.8 Å². The van der Waals surface area contributed by atoms with Crippen LogP contribution < -0.4 is 4.74 Å². The molecule has 3 fully saturated rings. The van der Waals surface area contributed by atoms with Crippen LogP contribution in [0.15, 0.2) is 18.2 Å². The minimum absolute atomic E-state index is 0.0353. The van der Waals surface area contributed by atoms with Crippen molar-refractivity contribution >= 4 is 17.3 Å². The maximum atomic E-state index is 13.9. The molecule has 246 valence electrons. The van der Waals surface area contributed by atoms with E-state index in [0.717, 1.165) is 0 Å². The molecule has 1 unspecified atom stereocenters. The van der Waals surface area contributed by atoms with Gasteiger partial charge in [0.2, 0.25) is 5.78 Å². The highest BCUT2D eigenvalue weighted by atomic mass is 16.7. The molecule has 8 atom stereocenters. The molecule has 0 bridgehead atoms. The van der Waals surface area contributed by atoms with E-state index in [1.165, 1.54) is 32.4 Å². The number of ketones is 3. The normalized spacial score (nSPS) is 33.5. The number of aromatic hydroxyl groups is 2. The van der Waals surface area contributed by atoms with Crippen LogP contribution in [0.4, 0.5) is 0 Å². The van der Waals surface area contributed by atoms with E-state index >= 15 is 0 Å². The van der Waals surface area contributed by atoms with E-state index in [2.05, 4.69) is 4.90 Å². The van der Waals surface area contributed by atoms with E-state index < -0.39 is 96.0 Å². The third-order valence-corrected chi connectivity index (χ3v) is 9.84. The van der Waals surface area contributed by atoms with Crippen LogP contribution in [-0.2, 0) is 34.9 Å². The number of phenols is 2. The number of carbonyl (C=O) groups is 3. The smallest absolute Gasteiger partial charge is 0.202 e. The van der Waals surface area contributed by atoms with Gasteiger partial charge in [0.25, 0.3) is 0 Å². The van der Waals surface area contributed by atoms with Gasteiger partial charge in [0.1, 0.15) is 35.6 Å². The summed E-state index contributed by atoms with van der Waals surface area (Å²) >= 11 is 0. The Bertz CT molecular complexity index is 1630. The van der Waals surface area contributed by atoms with Crippen molar-refractivity contribution in [2.75, 3.05) is 34.0 Å². The van der Waals surface area contributed by atoms with Crippen LogP contribution in [0, 0.1) is 0 Å². The fourth-order valence-electron chi connectivity index (χ4n) is 7.69. The van der Waals surface area contributed by atoms with Crippen molar-refractivity contribution in [3.8, 4) is 17.2 Å². The van der Waals surface area contributed by atoms with Crippen LogP contribution in [0.25, 0.3) is 0 Å². The summed E-state index contributed by atoms with van der Waals surface area (Å²) in [5, 5.41) is 44.5. The zero-order valence-electron chi connectivity index (χ0n) is 25.4. The number of nitrogens with zero attached hydrogens (tertiary/aromatic N) is 1. The van der Waals surface area contributed by atoms with Gasteiger partial charge in [0, 0.05) is 55.6 Å². The van der Waals surface area contributed by atoms with E-state index in [1.54, 1.807) is 0 Å². The van der Waals surface area contributed by atoms with Gasteiger partial charge >= 0.3 is 0 Å². The number of fused-ring (bicyclic) bond motifs is 6. The van der Waals surface area contributed by atoms with Gasteiger partial charge in [-0.1, -0.05) is 12.1 Å². The van der Waals surface area contributed by atoms with Crippen molar-refractivity contribution in [3.05, 3.63) is 51.6 Å². The van der Waals surface area contributed by atoms with Crippen molar-refractivity contribution in [3.63, 3.8) is 0 Å². The highest BCUT2D eigenvalue weighted by molar-refractivity contribution is 6.31. The van der Waals surface area contributed by atoms with Gasteiger partial charge in [-0.3, -0.25) is 19.3 Å². The van der Waals surface area contributed by atoms with Crippen molar-refractivity contribution in [1.29, 1.82) is 0 Å². The molecule has 5 aliphatic rings. The Hall–Kier alpha value is -3.47. The van der Waals surface area contributed by atoms with Gasteiger partial charge in [-0.15, -0.1) is 0 Å². The molecule has 4 N–H and O–H groups in total. The Morgan fingerprint density at radius 1 is 1.09 bits per heavy atom. The van der Waals surface area contributed by atoms with Gasteiger partial charge in [-0.25, -0.2) is 0 Å². The summed E-state index contributed by atoms with van der Waals surface area (Å²) in [6.45, 7) is 1.82. The van der Waals surface area contributed by atoms with E-state index in [0.29, 0.717) is 19.6 Å². The molecular formula is C32H35NO13. The standard InChI is InChI=1S/C32H35NO13/c1-13-29-16(33-7-8-43-31(42-3)30(33)46-29)9-20(44-13)45-18-11-32(40,19(35)12-34)10-15-22(18)28(39)24-23(26(15)37)25(36)14-5-4-6-17(41-2)21(14)27(24)38/h4-6,13,16,18,20,29-31,34,37,39-40H,7-12H2,1-3H3/t13-,16-,18-,20-,29+,30+,31-,32?/m0/s1. The number of hydrogen-bond acceptors (Lipinski definition) is 14. The number of aliphatic hydroxyl groups excluding tert-OH is 1. The number of phenolic OH excluding ortho intramolecular Hbond substituents is 2. The minimum Gasteiger partial charge on any atom is -0.507 e. The summed E-state index contributed by atoms with van der Waals surface area (Å²) in [7, 11) is 2.88. The summed E-state index contributed by atoms with van der Waals surface area (Å²) in [4.78, 5) is 42.6. The first-order valence-corrected chi connectivity index (χ1v) is 15.1. The molecule has 0 aromatic heterocycles. The lowest BCUT2D eigenvalue weighted by Crippen LogP contribution is -2.55. The predicted molar refractivity (Wildman–Crippen MR) is 154 cm³/mol.